The Kier molecular flexibility index (Phi) is 7.59. The van der Waals surface area contributed by atoms with E-state index in [0.29, 0.717) is 19.4 Å². The summed E-state index contributed by atoms with van der Waals surface area (Å²) in [6, 6.07) is 0. The lowest BCUT2D eigenvalue weighted by Crippen LogP contribution is -2.39. The Morgan fingerprint density at radius 2 is 1.85 bits per heavy atom. The maximum Gasteiger partial charge on any atom is 0.310 e. The molecule has 0 heterocycles. The number of carbonyl (C=O) groups excluding carboxylic acids is 1. The number of carboxylic acid groups (broad SMARTS) is 1. The molecule has 1 amide bonds. The van der Waals surface area contributed by atoms with E-state index in [1.807, 2.05) is 0 Å². The summed E-state index contributed by atoms with van der Waals surface area (Å²) in [6.45, 7) is 1.37. The van der Waals surface area contributed by atoms with Crippen LogP contribution < -0.4 is 5.32 Å². The van der Waals surface area contributed by atoms with E-state index in [1.165, 1.54) is 0 Å². The third-order valence-electron chi connectivity index (χ3n) is 4.11. The Morgan fingerprint density at radius 3 is 2.45 bits per heavy atom. The molecule has 1 fully saturated rings. The van der Waals surface area contributed by atoms with Crippen molar-refractivity contribution < 1.29 is 19.4 Å². The third kappa shape index (κ3) is 5.49. The van der Waals surface area contributed by atoms with Gasteiger partial charge in [0, 0.05) is 26.7 Å². The van der Waals surface area contributed by atoms with Gasteiger partial charge in [-0.05, 0) is 32.1 Å². The zero-order chi connectivity index (χ0) is 14.8. The number of hydrogen-bond donors (Lipinski definition) is 2. The fraction of sp³-hybridized carbons (Fsp3) is 0.867. The Hall–Kier alpha value is -1.10. The molecule has 0 spiro atoms. The van der Waals surface area contributed by atoms with Crippen LogP contribution in [0.1, 0.15) is 57.8 Å². The second-order valence-electron chi connectivity index (χ2n) is 5.73. The third-order valence-corrected chi connectivity index (χ3v) is 4.11. The van der Waals surface area contributed by atoms with Crippen LogP contribution in [0.4, 0.5) is 0 Å². The molecule has 0 aromatic heterocycles. The highest BCUT2D eigenvalue weighted by molar-refractivity contribution is 5.85. The molecule has 0 aromatic carbocycles. The Bertz CT molecular complexity index is 311. The number of nitrogens with one attached hydrogen (secondary N) is 1. The lowest BCUT2D eigenvalue weighted by atomic mass is 9.71. The van der Waals surface area contributed by atoms with Gasteiger partial charge in [-0.15, -0.1) is 0 Å². The maximum atomic E-state index is 11.9. The second kappa shape index (κ2) is 8.95. The number of amides is 1. The first-order valence-electron chi connectivity index (χ1n) is 7.60. The van der Waals surface area contributed by atoms with Gasteiger partial charge in [0.05, 0.1) is 5.41 Å². The highest BCUT2D eigenvalue weighted by Crippen LogP contribution is 2.39. The van der Waals surface area contributed by atoms with Crippen molar-refractivity contribution in [2.45, 2.75) is 57.8 Å². The van der Waals surface area contributed by atoms with Crippen LogP contribution in [0.25, 0.3) is 0 Å². The molecular formula is C15H27NO4. The normalized spacial score (nSPS) is 17.6. The summed E-state index contributed by atoms with van der Waals surface area (Å²) < 4.78 is 4.96. The summed E-state index contributed by atoms with van der Waals surface area (Å²) in [5.74, 6) is -0.937. The summed E-state index contributed by atoms with van der Waals surface area (Å²) >= 11 is 0. The molecule has 5 nitrogen and oxygen atoms in total. The minimum atomic E-state index is -0.821. The quantitative estimate of drug-likeness (QED) is 0.638. The summed E-state index contributed by atoms with van der Waals surface area (Å²) in [5.41, 5.74) is -0.821. The van der Waals surface area contributed by atoms with Crippen molar-refractivity contribution in [1.29, 1.82) is 0 Å². The van der Waals surface area contributed by atoms with E-state index < -0.39 is 11.4 Å². The van der Waals surface area contributed by atoms with Crippen molar-refractivity contribution in [3.8, 4) is 0 Å². The van der Waals surface area contributed by atoms with Crippen LogP contribution in [0.2, 0.25) is 0 Å². The number of hydrogen-bond acceptors (Lipinski definition) is 3. The maximum absolute atomic E-state index is 11.9. The van der Waals surface area contributed by atoms with Gasteiger partial charge in [0.2, 0.25) is 5.91 Å². The monoisotopic (exact) mass is 285 g/mol. The van der Waals surface area contributed by atoms with Crippen molar-refractivity contribution in [2.75, 3.05) is 20.3 Å². The van der Waals surface area contributed by atoms with Crippen LogP contribution >= 0.6 is 0 Å². The Labute approximate surface area is 121 Å². The second-order valence-corrected chi connectivity index (χ2v) is 5.73. The van der Waals surface area contributed by atoms with Gasteiger partial charge in [0.1, 0.15) is 0 Å². The Balaban J connectivity index is 2.27. The van der Waals surface area contributed by atoms with Crippen LogP contribution in [0.3, 0.4) is 0 Å². The van der Waals surface area contributed by atoms with Gasteiger partial charge in [0.25, 0.3) is 0 Å². The SMILES string of the molecule is COCCCCCNC(=O)CC1(C(=O)O)CCCCC1. The van der Waals surface area contributed by atoms with Crippen molar-refractivity contribution in [3.63, 3.8) is 0 Å². The van der Waals surface area contributed by atoms with Crippen molar-refractivity contribution in [2.24, 2.45) is 5.41 Å². The largest absolute Gasteiger partial charge is 0.481 e. The molecule has 1 rings (SSSR count). The minimum Gasteiger partial charge on any atom is -0.481 e. The molecule has 1 aliphatic rings. The number of carboxylic acids is 1. The van der Waals surface area contributed by atoms with Crippen LogP contribution in [-0.2, 0) is 14.3 Å². The molecule has 5 heteroatoms. The van der Waals surface area contributed by atoms with Crippen LogP contribution in [-0.4, -0.2) is 37.2 Å². The number of carbonyl (C=O) groups is 2. The van der Waals surface area contributed by atoms with Crippen LogP contribution in [0.5, 0.6) is 0 Å². The number of unbranched alkanes of at least 4 members (excludes halogenated alkanes) is 2. The van der Waals surface area contributed by atoms with E-state index in [2.05, 4.69) is 5.32 Å². The molecule has 0 saturated heterocycles. The average molecular weight is 285 g/mol. The van der Waals surface area contributed by atoms with Crippen molar-refractivity contribution in [1.82, 2.24) is 5.32 Å². The standard InChI is InChI=1S/C15H27NO4/c1-20-11-7-3-6-10-16-13(17)12-15(14(18)19)8-4-2-5-9-15/h2-12H2,1H3,(H,16,17)(H,18,19). The summed E-state index contributed by atoms with van der Waals surface area (Å²) in [4.78, 5) is 23.4. The molecule has 2 N–H and O–H groups in total. The lowest BCUT2D eigenvalue weighted by molar-refractivity contribution is -0.154. The molecule has 0 bridgehead atoms. The molecular weight excluding hydrogens is 258 g/mol. The fourth-order valence-electron chi connectivity index (χ4n) is 2.84. The van der Waals surface area contributed by atoms with Crippen molar-refractivity contribution >= 4 is 11.9 Å². The highest BCUT2D eigenvalue weighted by atomic mass is 16.5. The van der Waals surface area contributed by atoms with E-state index in [9.17, 15) is 14.7 Å². The molecule has 0 radical (unpaired) electrons. The van der Waals surface area contributed by atoms with Gasteiger partial charge in [-0.3, -0.25) is 9.59 Å². The first-order valence-corrected chi connectivity index (χ1v) is 7.60. The number of rotatable bonds is 9. The van der Waals surface area contributed by atoms with E-state index in [0.717, 1.165) is 45.1 Å². The molecule has 0 aliphatic heterocycles. The summed E-state index contributed by atoms with van der Waals surface area (Å²) in [5, 5.41) is 12.3. The predicted octanol–water partition coefficient (Wildman–Crippen LogP) is 2.34. The van der Waals surface area contributed by atoms with Gasteiger partial charge < -0.3 is 15.2 Å². The van der Waals surface area contributed by atoms with Crippen LogP contribution in [0.15, 0.2) is 0 Å². The van der Waals surface area contributed by atoms with E-state index >= 15 is 0 Å². The van der Waals surface area contributed by atoms with E-state index in [4.69, 9.17) is 4.74 Å². The van der Waals surface area contributed by atoms with E-state index in [-0.39, 0.29) is 12.3 Å². The van der Waals surface area contributed by atoms with E-state index in [1.54, 1.807) is 7.11 Å². The molecule has 0 atom stereocenters. The van der Waals surface area contributed by atoms with Crippen molar-refractivity contribution in [3.05, 3.63) is 0 Å². The zero-order valence-electron chi connectivity index (χ0n) is 12.5. The zero-order valence-corrected chi connectivity index (χ0v) is 12.5. The molecule has 1 saturated carbocycles. The predicted molar refractivity (Wildman–Crippen MR) is 76.5 cm³/mol. The van der Waals surface area contributed by atoms with Gasteiger partial charge >= 0.3 is 5.97 Å². The summed E-state index contributed by atoms with van der Waals surface area (Å²) in [6.07, 6.45) is 7.20. The molecule has 1 aliphatic carbocycles. The first-order chi connectivity index (χ1) is 9.60. The molecule has 0 aromatic rings. The molecule has 0 unspecified atom stereocenters. The molecule has 116 valence electrons. The highest BCUT2D eigenvalue weighted by Gasteiger charge is 2.41. The Morgan fingerprint density at radius 1 is 1.15 bits per heavy atom. The fourth-order valence-corrected chi connectivity index (χ4v) is 2.84. The number of ether oxygens (including phenoxy) is 1. The molecule has 20 heavy (non-hydrogen) atoms. The minimum absolute atomic E-state index is 0.124. The van der Waals surface area contributed by atoms with Gasteiger partial charge in [-0.2, -0.15) is 0 Å². The summed E-state index contributed by atoms with van der Waals surface area (Å²) in [7, 11) is 1.68. The topological polar surface area (TPSA) is 75.6 Å². The first kappa shape index (κ1) is 17.0. The number of methoxy groups -OCH3 is 1. The smallest absolute Gasteiger partial charge is 0.310 e. The van der Waals surface area contributed by atoms with Gasteiger partial charge in [0.15, 0.2) is 0 Å². The van der Waals surface area contributed by atoms with Gasteiger partial charge in [-0.25, -0.2) is 0 Å². The van der Waals surface area contributed by atoms with Crippen LogP contribution in [0, 0.1) is 5.41 Å². The number of aliphatic carboxylic acids is 1. The average Bonchev–Trinajstić information content (AvgIpc) is 2.43. The lowest BCUT2D eigenvalue weighted by Gasteiger charge is -2.32. The van der Waals surface area contributed by atoms with Gasteiger partial charge in [-0.1, -0.05) is 19.3 Å².